The van der Waals surface area contributed by atoms with Crippen molar-refractivity contribution in [1.29, 1.82) is 0 Å². The molecule has 0 spiro atoms. The van der Waals surface area contributed by atoms with Gasteiger partial charge in [0, 0.05) is 11.6 Å². The highest BCUT2D eigenvalue weighted by Gasteiger charge is 2.16. The third kappa shape index (κ3) is 3.73. The van der Waals surface area contributed by atoms with E-state index in [0.29, 0.717) is 0 Å². The van der Waals surface area contributed by atoms with Crippen LogP contribution in [0.4, 0.5) is 0 Å². The van der Waals surface area contributed by atoms with E-state index in [0.717, 1.165) is 29.5 Å². The van der Waals surface area contributed by atoms with E-state index in [1.807, 2.05) is 12.1 Å². The molecular formula is C21H24ClN3. The molecule has 25 heavy (non-hydrogen) atoms. The van der Waals surface area contributed by atoms with E-state index >= 15 is 0 Å². The number of aryl methyl sites for hydroxylation is 1. The molecular weight excluding hydrogens is 330 g/mol. The van der Waals surface area contributed by atoms with Crippen molar-refractivity contribution in [2.75, 3.05) is 13.1 Å². The van der Waals surface area contributed by atoms with Crippen molar-refractivity contribution in [1.82, 2.24) is 14.5 Å². The summed E-state index contributed by atoms with van der Waals surface area (Å²) in [4.78, 5) is 7.51. The molecule has 130 valence electrons. The highest BCUT2D eigenvalue weighted by Crippen LogP contribution is 2.22. The fourth-order valence-electron chi connectivity index (χ4n) is 3.68. The lowest BCUT2D eigenvalue weighted by Crippen LogP contribution is -2.30. The van der Waals surface area contributed by atoms with Crippen molar-refractivity contribution < 1.29 is 0 Å². The molecule has 1 saturated heterocycles. The first-order valence-corrected chi connectivity index (χ1v) is 9.49. The zero-order valence-corrected chi connectivity index (χ0v) is 15.5. The standard InChI is InChI=1S/C21H24ClN3/c1-16-5-10-20-19(13-16)23-21(15-24-11-3-2-4-12-24)25(20)14-17-6-8-18(22)9-7-17/h5-10,13H,2-4,11-12,14-15H2,1H3. The van der Waals surface area contributed by atoms with Gasteiger partial charge in [-0.15, -0.1) is 0 Å². The minimum atomic E-state index is 0.781. The molecule has 0 unspecified atom stereocenters. The second kappa shape index (κ2) is 7.19. The molecule has 0 saturated carbocycles. The Labute approximate surface area is 154 Å². The van der Waals surface area contributed by atoms with Gasteiger partial charge in [0.2, 0.25) is 0 Å². The van der Waals surface area contributed by atoms with Crippen LogP contribution in [0.3, 0.4) is 0 Å². The van der Waals surface area contributed by atoms with Gasteiger partial charge in [-0.2, -0.15) is 0 Å². The van der Waals surface area contributed by atoms with Gasteiger partial charge in [-0.1, -0.05) is 36.2 Å². The summed E-state index contributed by atoms with van der Waals surface area (Å²) in [5, 5.41) is 0.781. The summed E-state index contributed by atoms with van der Waals surface area (Å²) in [7, 11) is 0. The molecule has 3 aromatic rings. The lowest BCUT2D eigenvalue weighted by atomic mass is 10.1. The first-order valence-electron chi connectivity index (χ1n) is 9.11. The van der Waals surface area contributed by atoms with Crippen LogP contribution in [-0.4, -0.2) is 27.5 Å². The monoisotopic (exact) mass is 353 g/mol. The van der Waals surface area contributed by atoms with E-state index in [9.17, 15) is 0 Å². The summed E-state index contributed by atoms with van der Waals surface area (Å²) in [6.45, 7) is 6.26. The van der Waals surface area contributed by atoms with Crippen molar-refractivity contribution in [3.8, 4) is 0 Å². The number of fused-ring (bicyclic) bond motifs is 1. The number of hydrogen-bond donors (Lipinski definition) is 0. The minimum absolute atomic E-state index is 0.781. The quantitative estimate of drug-likeness (QED) is 0.655. The number of likely N-dealkylation sites (tertiary alicyclic amines) is 1. The van der Waals surface area contributed by atoms with Crippen molar-refractivity contribution in [2.24, 2.45) is 0 Å². The van der Waals surface area contributed by atoms with Crippen LogP contribution in [0.15, 0.2) is 42.5 Å². The van der Waals surface area contributed by atoms with E-state index in [-0.39, 0.29) is 0 Å². The molecule has 0 aliphatic carbocycles. The first kappa shape index (κ1) is 16.6. The molecule has 4 heteroatoms. The van der Waals surface area contributed by atoms with Crippen molar-refractivity contribution in [2.45, 2.75) is 39.3 Å². The number of nitrogens with zero attached hydrogens (tertiary/aromatic N) is 3. The van der Waals surface area contributed by atoms with Crippen molar-refractivity contribution >= 4 is 22.6 Å². The number of piperidine rings is 1. The summed E-state index contributed by atoms with van der Waals surface area (Å²) in [6.07, 6.45) is 3.96. The molecule has 0 atom stereocenters. The number of imidazole rings is 1. The second-order valence-corrected chi connectivity index (χ2v) is 7.51. The van der Waals surface area contributed by atoms with Crippen molar-refractivity contribution in [3.05, 3.63) is 64.4 Å². The summed E-state index contributed by atoms with van der Waals surface area (Å²) in [5.41, 5.74) is 4.82. The molecule has 3 nitrogen and oxygen atoms in total. The number of benzene rings is 2. The number of rotatable bonds is 4. The Balaban J connectivity index is 1.70. The zero-order chi connectivity index (χ0) is 17.2. The largest absolute Gasteiger partial charge is 0.322 e. The van der Waals surface area contributed by atoms with Crippen LogP contribution < -0.4 is 0 Å². The molecule has 2 aromatic carbocycles. The molecule has 1 aromatic heterocycles. The molecule has 1 fully saturated rings. The molecule has 0 N–H and O–H groups in total. The number of hydrogen-bond acceptors (Lipinski definition) is 2. The van der Waals surface area contributed by atoms with E-state index in [1.54, 1.807) is 0 Å². The SMILES string of the molecule is Cc1ccc2c(c1)nc(CN1CCCCC1)n2Cc1ccc(Cl)cc1. The van der Waals surface area contributed by atoms with Crippen LogP contribution >= 0.6 is 11.6 Å². The van der Waals surface area contributed by atoms with Crippen LogP contribution in [0, 0.1) is 6.92 Å². The van der Waals surface area contributed by atoms with Gasteiger partial charge in [-0.05, 0) is 68.2 Å². The summed E-state index contributed by atoms with van der Waals surface area (Å²) >= 11 is 6.04. The van der Waals surface area contributed by atoms with Crippen LogP contribution in [0.5, 0.6) is 0 Å². The highest BCUT2D eigenvalue weighted by atomic mass is 35.5. The maximum atomic E-state index is 6.04. The van der Waals surface area contributed by atoms with Gasteiger partial charge in [0.15, 0.2) is 0 Å². The molecule has 4 rings (SSSR count). The third-order valence-corrected chi connectivity index (χ3v) is 5.30. The van der Waals surface area contributed by atoms with Gasteiger partial charge < -0.3 is 4.57 Å². The minimum Gasteiger partial charge on any atom is -0.322 e. The fourth-order valence-corrected chi connectivity index (χ4v) is 3.80. The first-order chi connectivity index (χ1) is 12.2. The second-order valence-electron chi connectivity index (χ2n) is 7.07. The molecule has 0 bridgehead atoms. The third-order valence-electron chi connectivity index (χ3n) is 5.05. The van der Waals surface area contributed by atoms with Crippen LogP contribution in [0.25, 0.3) is 11.0 Å². The number of aromatic nitrogens is 2. The van der Waals surface area contributed by atoms with Gasteiger partial charge in [-0.3, -0.25) is 4.90 Å². The average Bonchev–Trinajstić information content (AvgIpc) is 2.94. The maximum absolute atomic E-state index is 6.04. The van der Waals surface area contributed by atoms with Gasteiger partial charge in [-0.25, -0.2) is 4.98 Å². The van der Waals surface area contributed by atoms with Crippen LogP contribution in [-0.2, 0) is 13.1 Å². The molecule has 1 aliphatic heterocycles. The lowest BCUT2D eigenvalue weighted by molar-refractivity contribution is 0.214. The normalized spacial score (nSPS) is 15.8. The molecule has 1 aliphatic rings. The Kier molecular flexibility index (Phi) is 4.78. The Hall–Kier alpha value is -1.84. The van der Waals surface area contributed by atoms with Crippen LogP contribution in [0.2, 0.25) is 5.02 Å². The van der Waals surface area contributed by atoms with Gasteiger partial charge >= 0.3 is 0 Å². The Morgan fingerprint density at radius 3 is 2.48 bits per heavy atom. The van der Waals surface area contributed by atoms with E-state index in [2.05, 4.69) is 46.7 Å². The predicted octanol–water partition coefficient (Wildman–Crippen LogP) is 5.03. The average molecular weight is 354 g/mol. The Bertz CT molecular complexity index is 861. The topological polar surface area (TPSA) is 21.1 Å². The van der Waals surface area contributed by atoms with E-state index in [4.69, 9.17) is 16.6 Å². The van der Waals surface area contributed by atoms with Gasteiger partial charge in [0.05, 0.1) is 17.6 Å². The molecule has 0 radical (unpaired) electrons. The lowest BCUT2D eigenvalue weighted by Gasteiger charge is -2.26. The Morgan fingerprint density at radius 2 is 1.72 bits per heavy atom. The smallest absolute Gasteiger partial charge is 0.124 e. The highest BCUT2D eigenvalue weighted by molar-refractivity contribution is 6.30. The maximum Gasteiger partial charge on any atom is 0.124 e. The van der Waals surface area contributed by atoms with Gasteiger partial charge in [0.1, 0.15) is 5.82 Å². The fraction of sp³-hybridized carbons (Fsp3) is 0.381. The predicted molar refractivity (Wildman–Crippen MR) is 104 cm³/mol. The van der Waals surface area contributed by atoms with Crippen LogP contribution in [0.1, 0.15) is 36.2 Å². The molecule has 0 amide bonds. The summed E-state index contributed by atoms with van der Waals surface area (Å²) in [6, 6.07) is 14.7. The summed E-state index contributed by atoms with van der Waals surface area (Å²) in [5.74, 6) is 1.16. The van der Waals surface area contributed by atoms with E-state index in [1.165, 1.54) is 49.0 Å². The number of halogens is 1. The zero-order valence-electron chi connectivity index (χ0n) is 14.7. The van der Waals surface area contributed by atoms with Crippen molar-refractivity contribution in [3.63, 3.8) is 0 Å². The summed E-state index contributed by atoms with van der Waals surface area (Å²) < 4.78 is 2.37. The van der Waals surface area contributed by atoms with E-state index < -0.39 is 0 Å². The Morgan fingerprint density at radius 1 is 0.960 bits per heavy atom. The molecule has 2 heterocycles. The van der Waals surface area contributed by atoms with Gasteiger partial charge in [0.25, 0.3) is 0 Å².